The zero-order chi connectivity index (χ0) is 37.4. The highest BCUT2D eigenvalue weighted by atomic mass is 16.6. The van der Waals surface area contributed by atoms with E-state index >= 15 is 0 Å². The third-order valence-corrected chi connectivity index (χ3v) is 9.92. The number of aliphatic hydroxyl groups is 1. The number of rotatable bonds is 24. The van der Waals surface area contributed by atoms with Crippen LogP contribution in [-0.2, 0) is 59.3 Å². The van der Waals surface area contributed by atoms with Crippen LogP contribution < -0.4 is 4.74 Å². The summed E-state index contributed by atoms with van der Waals surface area (Å²) in [5, 5.41) is 37.9. The Hall–Kier alpha value is -2.90. The Morgan fingerprint density at radius 3 is 1.87 bits per heavy atom. The van der Waals surface area contributed by atoms with Gasteiger partial charge in [-0.15, -0.1) is 6.58 Å². The van der Waals surface area contributed by atoms with E-state index in [1.165, 1.54) is 0 Å². The van der Waals surface area contributed by atoms with E-state index in [1.54, 1.807) is 13.2 Å². The van der Waals surface area contributed by atoms with E-state index in [0.717, 1.165) is 37.1 Å². The van der Waals surface area contributed by atoms with E-state index < -0.39 is 23.0 Å². The smallest absolute Gasteiger partial charge is 0.414 e. The normalized spacial score (nSPS) is 25.5. The second kappa shape index (κ2) is 21.1. The number of phenols is 1. The summed E-state index contributed by atoms with van der Waals surface area (Å²) in [7, 11) is 1.65. The Bertz CT molecular complexity index is 1270. The van der Waals surface area contributed by atoms with Crippen molar-refractivity contribution in [2.45, 2.75) is 54.9 Å². The van der Waals surface area contributed by atoms with Gasteiger partial charge < -0.3 is 63.1 Å². The van der Waals surface area contributed by atoms with Crippen molar-refractivity contribution in [3.05, 3.63) is 35.9 Å². The van der Waals surface area contributed by atoms with Crippen molar-refractivity contribution in [3.63, 3.8) is 0 Å². The lowest BCUT2D eigenvalue weighted by molar-refractivity contribution is -0.215. The van der Waals surface area contributed by atoms with Crippen molar-refractivity contribution in [2.75, 3.05) is 113 Å². The van der Waals surface area contributed by atoms with Crippen LogP contribution in [0.25, 0.3) is 0 Å². The van der Waals surface area contributed by atoms with E-state index in [-0.39, 0.29) is 24.0 Å². The zero-order valence-electron chi connectivity index (χ0n) is 30.0. The molecular formula is C36H55NO15. The van der Waals surface area contributed by atoms with Crippen LogP contribution >= 0.6 is 0 Å². The first-order valence-corrected chi connectivity index (χ1v) is 17.8. The maximum Gasteiger partial charge on any atom is 0.414 e. The summed E-state index contributed by atoms with van der Waals surface area (Å²) in [4.78, 5) is 20.6. The van der Waals surface area contributed by atoms with Crippen molar-refractivity contribution < 1.29 is 72.6 Å². The van der Waals surface area contributed by atoms with Crippen molar-refractivity contribution in [2.24, 2.45) is 0 Å². The summed E-state index contributed by atoms with van der Waals surface area (Å²) in [5.41, 5.74) is 0.592. The van der Waals surface area contributed by atoms with Gasteiger partial charge >= 0.3 is 11.9 Å². The summed E-state index contributed by atoms with van der Waals surface area (Å²) in [6.45, 7) is 12.6. The second-order valence-electron chi connectivity index (χ2n) is 12.9. The maximum absolute atomic E-state index is 12.4. The lowest BCUT2D eigenvalue weighted by atomic mass is 9.48. The van der Waals surface area contributed by atoms with E-state index in [0.29, 0.717) is 111 Å². The minimum atomic E-state index is -1.82. The molecule has 1 spiro atoms. The highest BCUT2D eigenvalue weighted by Crippen LogP contribution is 2.65. The fourth-order valence-electron chi connectivity index (χ4n) is 7.74. The number of piperidine rings is 1. The fraction of sp³-hybridized carbons (Fsp3) is 0.722. The molecule has 1 saturated carbocycles. The number of hydrogen-bond acceptors (Lipinski definition) is 14. The molecule has 2 aliphatic heterocycles. The van der Waals surface area contributed by atoms with Gasteiger partial charge in [-0.25, -0.2) is 9.59 Å². The summed E-state index contributed by atoms with van der Waals surface area (Å²) >= 11 is 0. The predicted molar refractivity (Wildman–Crippen MR) is 184 cm³/mol. The highest BCUT2D eigenvalue weighted by Gasteiger charge is 2.73. The Balaban J connectivity index is 0.000000929. The number of phenolic OH excluding ortho intramolecular Hbond substituents is 1. The molecule has 4 N–H and O–H groups in total. The highest BCUT2D eigenvalue weighted by molar-refractivity contribution is 6.27. The van der Waals surface area contributed by atoms with Crippen molar-refractivity contribution in [1.82, 2.24) is 4.90 Å². The van der Waals surface area contributed by atoms with Gasteiger partial charge in [0.2, 0.25) is 0 Å². The number of nitrogens with zero attached hydrogens (tertiary/aromatic N) is 1. The van der Waals surface area contributed by atoms with Gasteiger partial charge in [0.05, 0.1) is 110 Å². The molecule has 5 rings (SSSR count). The van der Waals surface area contributed by atoms with Crippen LogP contribution in [0.5, 0.6) is 11.5 Å². The lowest BCUT2D eigenvalue weighted by Crippen LogP contribution is -2.77. The molecule has 0 amide bonds. The number of aliphatic carboxylic acids is 2. The van der Waals surface area contributed by atoms with Crippen molar-refractivity contribution in [3.8, 4) is 11.5 Å². The molecule has 2 fully saturated rings. The summed E-state index contributed by atoms with van der Waals surface area (Å²) in [6.07, 6.45) is 4.12. The quantitative estimate of drug-likeness (QED) is 0.0664. The monoisotopic (exact) mass is 741 g/mol. The second-order valence-corrected chi connectivity index (χ2v) is 12.9. The molecule has 2 bridgehead atoms. The standard InChI is InChI=1S/C34H53NO11.C2H2O4/c1-3-9-35-10-8-33-30-26-4-5-27(36)31(30)46-32(33)28(6-7-34(33,37)29(35)25-26)45-24-23-44-22-21-43-20-19-42-18-17-41-16-15-40-14-13-39-12-11-38-2;3-1(4)2(5)6/h3-5,28-29,32,36-37H,1,6-25H2,2H3;(H,3,4)(H,5,6)/t28-,29-,32-,33+,34-;/m0./s1. The van der Waals surface area contributed by atoms with Crippen LogP contribution in [0.3, 0.4) is 0 Å². The number of methoxy groups -OCH3 is 1. The number of aromatic hydroxyl groups is 1. The van der Waals surface area contributed by atoms with E-state index in [2.05, 4.69) is 11.5 Å². The molecule has 5 atom stereocenters. The maximum atomic E-state index is 12.4. The minimum absolute atomic E-state index is 0.0238. The van der Waals surface area contributed by atoms with Gasteiger partial charge in [-0.3, -0.25) is 4.90 Å². The molecule has 16 nitrogen and oxygen atoms in total. The first kappa shape index (κ1) is 41.9. The third-order valence-electron chi connectivity index (χ3n) is 9.92. The topological polar surface area (TPSA) is 201 Å². The molecule has 4 aliphatic rings. The Morgan fingerprint density at radius 2 is 1.37 bits per heavy atom. The number of hydrogen-bond donors (Lipinski definition) is 4. The third kappa shape index (κ3) is 10.2. The molecule has 2 aliphatic carbocycles. The van der Waals surface area contributed by atoms with Gasteiger partial charge in [-0.2, -0.15) is 0 Å². The van der Waals surface area contributed by atoms with Gasteiger partial charge in [0.15, 0.2) is 11.5 Å². The average Bonchev–Trinajstić information content (AvgIpc) is 3.48. The van der Waals surface area contributed by atoms with Gasteiger partial charge in [-0.05, 0) is 43.9 Å². The van der Waals surface area contributed by atoms with Gasteiger partial charge in [-0.1, -0.05) is 12.1 Å². The summed E-state index contributed by atoms with van der Waals surface area (Å²) in [5.74, 6) is -2.99. The van der Waals surface area contributed by atoms with E-state index in [9.17, 15) is 10.2 Å². The van der Waals surface area contributed by atoms with E-state index in [1.807, 2.05) is 12.1 Å². The summed E-state index contributed by atoms with van der Waals surface area (Å²) < 4.78 is 50.9. The molecule has 0 aromatic heterocycles. The van der Waals surface area contributed by atoms with Crippen LogP contribution in [0.1, 0.15) is 30.4 Å². The Kier molecular flexibility index (Phi) is 17.0. The van der Waals surface area contributed by atoms with E-state index in [4.69, 9.17) is 62.4 Å². The zero-order valence-corrected chi connectivity index (χ0v) is 30.0. The predicted octanol–water partition coefficient (Wildman–Crippen LogP) is 1.02. The summed E-state index contributed by atoms with van der Waals surface area (Å²) in [6, 6.07) is 3.69. The Labute approximate surface area is 304 Å². The van der Waals surface area contributed by atoms with Crippen molar-refractivity contribution in [1.29, 1.82) is 0 Å². The molecular weight excluding hydrogens is 686 g/mol. The van der Waals surface area contributed by atoms with Crippen LogP contribution in [0.15, 0.2) is 24.8 Å². The molecule has 2 heterocycles. The fourth-order valence-corrected chi connectivity index (χ4v) is 7.74. The minimum Gasteiger partial charge on any atom is -0.504 e. The first-order chi connectivity index (χ1) is 25.2. The van der Waals surface area contributed by atoms with Crippen LogP contribution in [-0.4, -0.2) is 174 Å². The number of carbonyl (C=O) groups is 2. The number of benzene rings is 1. The molecule has 1 saturated heterocycles. The Morgan fingerprint density at radius 1 is 0.846 bits per heavy atom. The number of ether oxygens (including phenoxy) is 9. The van der Waals surface area contributed by atoms with Crippen LogP contribution in [0.4, 0.5) is 0 Å². The molecule has 1 aromatic rings. The molecule has 16 heteroatoms. The van der Waals surface area contributed by atoms with Gasteiger partial charge in [0.25, 0.3) is 0 Å². The average molecular weight is 742 g/mol. The molecule has 52 heavy (non-hydrogen) atoms. The molecule has 294 valence electrons. The number of carboxylic acids is 2. The van der Waals surface area contributed by atoms with Crippen molar-refractivity contribution >= 4 is 11.9 Å². The molecule has 0 unspecified atom stereocenters. The van der Waals surface area contributed by atoms with Gasteiger partial charge in [0, 0.05) is 25.3 Å². The first-order valence-electron chi connectivity index (χ1n) is 17.8. The number of likely N-dealkylation sites (tertiary alicyclic amines) is 1. The largest absolute Gasteiger partial charge is 0.504 e. The molecule has 0 radical (unpaired) electrons. The number of carboxylic acid groups (broad SMARTS) is 2. The van der Waals surface area contributed by atoms with Crippen LogP contribution in [0, 0.1) is 0 Å². The SMILES string of the molecule is C=CCN1CC[C@@]23c4c5ccc(O)c4O[C@H]2[C@@H](OCCOCCOCCOCCOCCOCCOCCOC)CC[C@]3(O)[C@@H]1C5.O=C(O)C(=O)O. The van der Waals surface area contributed by atoms with Crippen LogP contribution in [0.2, 0.25) is 0 Å². The van der Waals surface area contributed by atoms with Gasteiger partial charge in [0.1, 0.15) is 6.10 Å². The lowest BCUT2D eigenvalue weighted by Gasteiger charge is -2.64. The molecule has 1 aromatic carbocycles.